The van der Waals surface area contributed by atoms with Crippen molar-refractivity contribution in [3.8, 4) is 0 Å². The van der Waals surface area contributed by atoms with Crippen LogP contribution in [0.5, 0.6) is 0 Å². The summed E-state index contributed by atoms with van der Waals surface area (Å²) < 4.78 is 1.49. The van der Waals surface area contributed by atoms with E-state index in [-0.39, 0.29) is 18.4 Å². The SMILES string of the molecule is CN(C)CC1CCCN1C(=O)Cn1cnc(N)n1. The molecule has 1 aliphatic heterocycles. The predicted octanol–water partition coefficient (Wildman–Crippen LogP) is -0.587. The number of carbonyl (C=O) groups excluding carboxylic acids is 1. The van der Waals surface area contributed by atoms with Crippen molar-refractivity contribution in [2.24, 2.45) is 0 Å². The second-order valence-corrected chi connectivity index (χ2v) is 4.95. The monoisotopic (exact) mass is 252 g/mol. The van der Waals surface area contributed by atoms with Gasteiger partial charge in [0.25, 0.3) is 0 Å². The van der Waals surface area contributed by atoms with Gasteiger partial charge in [0.15, 0.2) is 0 Å². The molecule has 1 fully saturated rings. The molecule has 0 spiro atoms. The maximum absolute atomic E-state index is 12.2. The lowest BCUT2D eigenvalue weighted by atomic mass is 10.2. The van der Waals surface area contributed by atoms with Gasteiger partial charge in [-0.3, -0.25) is 4.79 Å². The molecular formula is C11H20N6O. The Balaban J connectivity index is 1.95. The highest BCUT2D eigenvalue weighted by atomic mass is 16.2. The van der Waals surface area contributed by atoms with E-state index in [4.69, 9.17) is 5.73 Å². The largest absolute Gasteiger partial charge is 0.367 e. The van der Waals surface area contributed by atoms with Crippen molar-refractivity contribution in [1.29, 1.82) is 0 Å². The summed E-state index contributed by atoms with van der Waals surface area (Å²) in [6, 6.07) is 0.313. The number of likely N-dealkylation sites (N-methyl/N-ethyl adjacent to an activating group) is 1. The van der Waals surface area contributed by atoms with Gasteiger partial charge in [-0.05, 0) is 26.9 Å². The van der Waals surface area contributed by atoms with Crippen molar-refractivity contribution in [2.45, 2.75) is 25.4 Å². The number of nitrogens with two attached hydrogens (primary N) is 1. The fraction of sp³-hybridized carbons (Fsp3) is 0.727. The molecule has 2 heterocycles. The van der Waals surface area contributed by atoms with Crippen molar-refractivity contribution in [1.82, 2.24) is 24.6 Å². The highest BCUT2D eigenvalue weighted by Gasteiger charge is 2.28. The zero-order chi connectivity index (χ0) is 13.1. The van der Waals surface area contributed by atoms with Crippen LogP contribution in [0.15, 0.2) is 6.33 Å². The van der Waals surface area contributed by atoms with E-state index in [0.29, 0.717) is 6.04 Å². The summed E-state index contributed by atoms with van der Waals surface area (Å²) >= 11 is 0. The molecule has 0 saturated carbocycles. The second-order valence-electron chi connectivity index (χ2n) is 4.95. The maximum Gasteiger partial charge on any atom is 0.244 e. The highest BCUT2D eigenvalue weighted by Crippen LogP contribution is 2.18. The number of hydrogen-bond acceptors (Lipinski definition) is 5. The average Bonchev–Trinajstić information content (AvgIpc) is 2.87. The van der Waals surface area contributed by atoms with Gasteiger partial charge in [0.05, 0.1) is 0 Å². The first kappa shape index (κ1) is 12.8. The van der Waals surface area contributed by atoms with E-state index in [9.17, 15) is 4.79 Å². The summed E-state index contributed by atoms with van der Waals surface area (Å²) in [5.41, 5.74) is 5.43. The Bertz CT molecular complexity index is 415. The molecule has 1 saturated heterocycles. The van der Waals surface area contributed by atoms with Crippen molar-refractivity contribution >= 4 is 11.9 Å². The second kappa shape index (κ2) is 5.34. The Morgan fingerprint density at radius 3 is 3.00 bits per heavy atom. The smallest absolute Gasteiger partial charge is 0.244 e. The van der Waals surface area contributed by atoms with Gasteiger partial charge in [-0.15, -0.1) is 5.10 Å². The third-order valence-corrected chi connectivity index (χ3v) is 3.12. The molecule has 1 atom stereocenters. The fourth-order valence-corrected chi connectivity index (χ4v) is 2.39. The molecule has 1 aromatic heterocycles. The number of rotatable bonds is 4. The molecule has 7 heteroatoms. The van der Waals surface area contributed by atoms with Gasteiger partial charge in [-0.1, -0.05) is 0 Å². The molecule has 2 rings (SSSR count). The van der Waals surface area contributed by atoms with Gasteiger partial charge in [0.1, 0.15) is 12.9 Å². The topological polar surface area (TPSA) is 80.3 Å². The van der Waals surface area contributed by atoms with E-state index >= 15 is 0 Å². The van der Waals surface area contributed by atoms with E-state index in [1.54, 1.807) is 0 Å². The van der Waals surface area contributed by atoms with Crippen LogP contribution < -0.4 is 5.73 Å². The van der Waals surface area contributed by atoms with Crippen LogP contribution in [-0.4, -0.2) is 63.7 Å². The molecule has 1 aliphatic rings. The highest BCUT2D eigenvalue weighted by molar-refractivity contribution is 5.76. The summed E-state index contributed by atoms with van der Waals surface area (Å²) in [4.78, 5) is 20.1. The van der Waals surface area contributed by atoms with Crippen molar-refractivity contribution < 1.29 is 4.79 Å². The van der Waals surface area contributed by atoms with Crippen LogP contribution >= 0.6 is 0 Å². The van der Waals surface area contributed by atoms with Crippen LogP contribution in [0.3, 0.4) is 0 Å². The molecule has 2 N–H and O–H groups in total. The lowest BCUT2D eigenvalue weighted by Crippen LogP contribution is -2.42. The van der Waals surface area contributed by atoms with Crippen LogP contribution in [-0.2, 0) is 11.3 Å². The number of aromatic nitrogens is 3. The summed E-state index contributed by atoms with van der Waals surface area (Å²) in [7, 11) is 4.05. The molecule has 18 heavy (non-hydrogen) atoms. The first-order valence-electron chi connectivity index (χ1n) is 6.15. The minimum absolute atomic E-state index is 0.0873. The van der Waals surface area contributed by atoms with Gasteiger partial charge >= 0.3 is 0 Å². The standard InChI is InChI=1S/C11H20N6O/c1-15(2)6-9-4-3-5-17(9)10(18)7-16-8-13-11(12)14-16/h8-9H,3-7H2,1-2H3,(H2,12,14). The normalized spacial score (nSPS) is 19.7. The predicted molar refractivity (Wildman–Crippen MR) is 67.7 cm³/mol. The van der Waals surface area contributed by atoms with E-state index in [2.05, 4.69) is 15.0 Å². The number of nitrogen functional groups attached to an aromatic ring is 1. The lowest BCUT2D eigenvalue weighted by Gasteiger charge is -2.27. The number of hydrogen-bond donors (Lipinski definition) is 1. The Hall–Kier alpha value is -1.63. The third-order valence-electron chi connectivity index (χ3n) is 3.12. The Morgan fingerprint density at radius 1 is 1.61 bits per heavy atom. The molecule has 0 aromatic carbocycles. The molecule has 100 valence electrons. The van der Waals surface area contributed by atoms with E-state index in [1.165, 1.54) is 11.0 Å². The van der Waals surface area contributed by atoms with Gasteiger partial charge in [0, 0.05) is 19.1 Å². The molecular weight excluding hydrogens is 232 g/mol. The van der Waals surface area contributed by atoms with Crippen molar-refractivity contribution in [2.75, 3.05) is 32.9 Å². The summed E-state index contributed by atoms with van der Waals surface area (Å²) in [6.07, 6.45) is 3.64. The Kier molecular flexibility index (Phi) is 3.81. The fourth-order valence-electron chi connectivity index (χ4n) is 2.39. The Labute approximate surface area is 107 Å². The summed E-state index contributed by atoms with van der Waals surface area (Å²) in [5, 5.41) is 3.93. The maximum atomic E-state index is 12.2. The zero-order valence-corrected chi connectivity index (χ0v) is 10.9. The zero-order valence-electron chi connectivity index (χ0n) is 10.9. The van der Waals surface area contributed by atoms with E-state index < -0.39 is 0 Å². The summed E-state index contributed by atoms with van der Waals surface area (Å²) in [6.45, 7) is 1.96. The lowest BCUT2D eigenvalue weighted by molar-refractivity contribution is -0.133. The van der Waals surface area contributed by atoms with Gasteiger partial charge in [-0.25, -0.2) is 9.67 Å². The third kappa shape index (κ3) is 2.98. The molecule has 0 bridgehead atoms. The van der Waals surface area contributed by atoms with Crippen LogP contribution in [0.25, 0.3) is 0 Å². The van der Waals surface area contributed by atoms with Gasteiger partial charge in [0.2, 0.25) is 11.9 Å². The minimum atomic E-state index is 0.0873. The molecule has 1 aromatic rings. The average molecular weight is 252 g/mol. The molecule has 7 nitrogen and oxygen atoms in total. The first-order chi connectivity index (χ1) is 8.56. The van der Waals surface area contributed by atoms with Crippen LogP contribution in [0.2, 0.25) is 0 Å². The molecule has 0 radical (unpaired) electrons. The van der Waals surface area contributed by atoms with Crippen LogP contribution in [0.4, 0.5) is 5.95 Å². The van der Waals surface area contributed by atoms with Gasteiger partial charge in [-0.2, -0.15) is 0 Å². The number of likely N-dealkylation sites (tertiary alicyclic amines) is 1. The molecule has 1 amide bonds. The van der Waals surface area contributed by atoms with Crippen LogP contribution in [0.1, 0.15) is 12.8 Å². The first-order valence-corrected chi connectivity index (χ1v) is 6.15. The Morgan fingerprint density at radius 2 is 2.39 bits per heavy atom. The summed E-state index contributed by atoms with van der Waals surface area (Å²) in [5.74, 6) is 0.290. The number of carbonyl (C=O) groups is 1. The number of anilines is 1. The van der Waals surface area contributed by atoms with Crippen LogP contribution in [0, 0.1) is 0 Å². The molecule has 0 aliphatic carbocycles. The quantitative estimate of drug-likeness (QED) is 0.775. The number of amides is 1. The van der Waals surface area contributed by atoms with E-state index in [1.807, 2.05) is 19.0 Å². The van der Waals surface area contributed by atoms with Crippen molar-refractivity contribution in [3.05, 3.63) is 6.33 Å². The van der Waals surface area contributed by atoms with E-state index in [0.717, 1.165) is 25.9 Å². The number of nitrogens with zero attached hydrogens (tertiary/aromatic N) is 5. The molecule has 1 unspecified atom stereocenters. The van der Waals surface area contributed by atoms with Gasteiger partial charge < -0.3 is 15.5 Å². The van der Waals surface area contributed by atoms with Crippen molar-refractivity contribution in [3.63, 3.8) is 0 Å². The minimum Gasteiger partial charge on any atom is -0.367 e.